The Labute approximate surface area is 140 Å². The minimum Gasteiger partial charge on any atom is -0.381 e. The summed E-state index contributed by atoms with van der Waals surface area (Å²) in [5.74, 6) is 0. The van der Waals surface area contributed by atoms with Crippen LogP contribution in [0.2, 0.25) is 0 Å². The van der Waals surface area contributed by atoms with Gasteiger partial charge in [0.25, 0.3) is 0 Å². The average molecular weight is 321 g/mol. The van der Waals surface area contributed by atoms with Crippen molar-refractivity contribution in [1.29, 1.82) is 5.26 Å². The molecule has 3 aromatic rings. The number of thiophene rings is 1. The zero-order valence-electron chi connectivity index (χ0n) is 13.3. The highest BCUT2D eigenvalue weighted by molar-refractivity contribution is 7.20. The first kappa shape index (κ1) is 15.4. The van der Waals surface area contributed by atoms with Crippen LogP contribution in [0.4, 0.5) is 11.4 Å². The van der Waals surface area contributed by atoms with E-state index >= 15 is 0 Å². The Kier molecular flexibility index (Phi) is 4.50. The van der Waals surface area contributed by atoms with E-state index in [1.54, 1.807) is 11.3 Å². The van der Waals surface area contributed by atoms with Crippen LogP contribution in [0.15, 0.2) is 54.6 Å². The zero-order valence-corrected chi connectivity index (χ0v) is 14.1. The standard InChI is InChI=1S/C19H19N3S/c1-14(22(2)15-8-4-3-5-9-15)13-21-19-16-10-6-7-11-17(16)23-18(19)12-20/h3-11,14,21H,13H2,1-2H3. The molecule has 23 heavy (non-hydrogen) atoms. The van der Waals surface area contributed by atoms with Crippen LogP contribution in [0.1, 0.15) is 11.8 Å². The Morgan fingerprint density at radius 1 is 1.13 bits per heavy atom. The lowest BCUT2D eigenvalue weighted by Crippen LogP contribution is -2.34. The van der Waals surface area contributed by atoms with Crippen LogP contribution in [0.25, 0.3) is 10.1 Å². The smallest absolute Gasteiger partial charge is 0.129 e. The normalized spacial score (nSPS) is 11.9. The van der Waals surface area contributed by atoms with Crippen molar-refractivity contribution in [2.75, 3.05) is 23.8 Å². The van der Waals surface area contributed by atoms with Crippen molar-refractivity contribution in [2.24, 2.45) is 0 Å². The van der Waals surface area contributed by atoms with Gasteiger partial charge in [-0.2, -0.15) is 5.26 Å². The lowest BCUT2D eigenvalue weighted by atomic mass is 10.2. The molecule has 4 heteroatoms. The number of fused-ring (bicyclic) bond motifs is 1. The molecule has 1 atom stereocenters. The maximum Gasteiger partial charge on any atom is 0.129 e. The van der Waals surface area contributed by atoms with Gasteiger partial charge >= 0.3 is 0 Å². The fourth-order valence-electron chi connectivity index (χ4n) is 2.60. The lowest BCUT2D eigenvalue weighted by Gasteiger charge is -2.27. The number of anilines is 2. The molecule has 0 radical (unpaired) electrons. The number of benzene rings is 2. The van der Waals surface area contributed by atoms with Gasteiger partial charge in [-0.3, -0.25) is 0 Å². The molecule has 0 saturated carbocycles. The van der Waals surface area contributed by atoms with Gasteiger partial charge in [-0.05, 0) is 25.1 Å². The molecule has 3 rings (SSSR count). The molecular formula is C19H19N3S. The molecule has 0 spiro atoms. The Hall–Kier alpha value is -2.51. The monoisotopic (exact) mass is 321 g/mol. The third-order valence-corrected chi connectivity index (χ3v) is 5.17. The Balaban J connectivity index is 1.77. The maximum absolute atomic E-state index is 9.38. The number of likely N-dealkylation sites (N-methyl/N-ethyl adjacent to an activating group) is 1. The van der Waals surface area contributed by atoms with Crippen molar-refractivity contribution >= 4 is 32.8 Å². The first-order valence-electron chi connectivity index (χ1n) is 7.64. The molecule has 0 aliphatic rings. The lowest BCUT2D eigenvalue weighted by molar-refractivity contribution is 0.717. The van der Waals surface area contributed by atoms with Gasteiger partial charge < -0.3 is 10.2 Å². The fourth-order valence-corrected chi connectivity index (χ4v) is 3.58. The molecule has 2 aromatic carbocycles. The first-order chi connectivity index (χ1) is 11.2. The van der Waals surface area contributed by atoms with Gasteiger partial charge in [-0.15, -0.1) is 11.3 Å². The molecule has 0 bridgehead atoms. The second-order valence-corrected chi connectivity index (χ2v) is 6.64. The molecule has 0 saturated heterocycles. The zero-order chi connectivity index (χ0) is 16.2. The molecule has 0 aliphatic heterocycles. The van der Waals surface area contributed by atoms with Crippen molar-refractivity contribution in [3.8, 4) is 6.07 Å². The second kappa shape index (κ2) is 6.72. The van der Waals surface area contributed by atoms with E-state index in [4.69, 9.17) is 0 Å². The predicted octanol–water partition coefficient (Wildman–Crippen LogP) is 4.71. The van der Waals surface area contributed by atoms with E-state index in [9.17, 15) is 5.26 Å². The SMILES string of the molecule is CC(CNc1c(C#N)sc2ccccc12)N(C)c1ccccc1. The molecule has 116 valence electrons. The summed E-state index contributed by atoms with van der Waals surface area (Å²) in [6.45, 7) is 2.96. The van der Waals surface area contributed by atoms with Gasteiger partial charge in [0.15, 0.2) is 0 Å². The van der Waals surface area contributed by atoms with E-state index in [1.807, 2.05) is 30.3 Å². The predicted molar refractivity (Wildman–Crippen MR) is 99.3 cm³/mol. The molecular weight excluding hydrogens is 302 g/mol. The topological polar surface area (TPSA) is 39.1 Å². The number of rotatable bonds is 5. The Morgan fingerprint density at radius 2 is 1.83 bits per heavy atom. The van der Waals surface area contributed by atoms with Crippen molar-refractivity contribution in [2.45, 2.75) is 13.0 Å². The van der Waals surface area contributed by atoms with Gasteiger partial charge in [0.1, 0.15) is 10.9 Å². The largest absolute Gasteiger partial charge is 0.381 e. The minimum absolute atomic E-state index is 0.308. The van der Waals surface area contributed by atoms with Crippen LogP contribution >= 0.6 is 11.3 Å². The Bertz CT molecular complexity index is 833. The number of hydrogen-bond acceptors (Lipinski definition) is 4. The van der Waals surface area contributed by atoms with E-state index in [0.29, 0.717) is 6.04 Å². The highest BCUT2D eigenvalue weighted by atomic mass is 32.1. The molecule has 0 aliphatic carbocycles. The quantitative estimate of drug-likeness (QED) is 0.739. The third kappa shape index (κ3) is 3.15. The molecule has 1 aromatic heterocycles. The number of para-hydroxylation sites is 1. The molecule has 0 amide bonds. The van der Waals surface area contributed by atoms with Gasteiger partial charge in [-0.25, -0.2) is 0 Å². The van der Waals surface area contributed by atoms with Gasteiger partial charge in [0, 0.05) is 35.4 Å². The highest BCUT2D eigenvalue weighted by Gasteiger charge is 2.14. The van der Waals surface area contributed by atoms with E-state index in [0.717, 1.165) is 27.2 Å². The van der Waals surface area contributed by atoms with Crippen molar-refractivity contribution < 1.29 is 0 Å². The third-order valence-electron chi connectivity index (χ3n) is 4.10. The van der Waals surface area contributed by atoms with Crippen molar-refractivity contribution in [3.63, 3.8) is 0 Å². The number of hydrogen-bond donors (Lipinski definition) is 1. The number of nitrogens with one attached hydrogen (secondary N) is 1. The summed E-state index contributed by atoms with van der Waals surface area (Å²) in [5, 5.41) is 14.0. The van der Waals surface area contributed by atoms with E-state index in [-0.39, 0.29) is 0 Å². The molecule has 3 nitrogen and oxygen atoms in total. The molecule has 0 fully saturated rings. The van der Waals surface area contributed by atoms with Crippen LogP contribution in [0.5, 0.6) is 0 Å². The van der Waals surface area contributed by atoms with E-state index in [2.05, 4.69) is 54.5 Å². The first-order valence-corrected chi connectivity index (χ1v) is 8.45. The summed E-state index contributed by atoms with van der Waals surface area (Å²) in [4.78, 5) is 2.99. The highest BCUT2D eigenvalue weighted by Crippen LogP contribution is 2.35. The van der Waals surface area contributed by atoms with Crippen LogP contribution < -0.4 is 10.2 Å². The van der Waals surface area contributed by atoms with Gasteiger partial charge in [0.05, 0.1) is 5.69 Å². The van der Waals surface area contributed by atoms with Gasteiger partial charge in [0.2, 0.25) is 0 Å². The summed E-state index contributed by atoms with van der Waals surface area (Å²) in [5.41, 5.74) is 2.15. The number of nitrogens with zero attached hydrogens (tertiary/aromatic N) is 2. The van der Waals surface area contributed by atoms with Crippen LogP contribution in [-0.2, 0) is 0 Å². The average Bonchev–Trinajstić information content (AvgIpc) is 2.97. The summed E-state index contributed by atoms with van der Waals surface area (Å²) in [6, 6.07) is 21.1. The summed E-state index contributed by atoms with van der Waals surface area (Å²) in [6.07, 6.45) is 0. The maximum atomic E-state index is 9.38. The van der Waals surface area contributed by atoms with Crippen molar-refractivity contribution in [3.05, 3.63) is 59.5 Å². The van der Waals surface area contributed by atoms with E-state index < -0.39 is 0 Å². The van der Waals surface area contributed by atoms with Gasteiger partial charge in [-0.1, -0.05) is 36.4 Å². The van der Waals surface area contributed by atoms with Crippen LogP contribution in [0, 0.1) is 11.3 Å². The summed E-state index contributed by atoms with van der Waals surface area (Å²) >= 11 is 1.54. The number of nitriles is 1. The van der Waals surface area contributed by atoms with E-state index in [1.165, 1.54) is 5.69 Å². The second-order valence-electron chi connectivity index (χ2n) is 5.59. The van der Waals surface area contributed by atoms with Crippen LogP contribution in [0.3, 0.4) is 0 Å². The Morgan fingerprint density at radius 3 is 2.57 bits per heavy atom. The van der Waals surface area contributed by atoms with Crippen LogP contribution in [-0.4, -0.2) is 19.6 Å². The molecule has 1 unspecified atom stereocenters. The minimum atomic E-state index is 0.308. The molecule has 1 N–H and O–H groups in total. The summed E-state index contributed by atoms with van der Waals surface area (Å²) < 4.78 is 1.15. The molecule has 1 heterocycles. The summed E-state index contributed by atoms with van der Waals surface area (Å²) in [7, 11) is 2.10. The van der Waals surface area contributed by atoms with Crippen molar-refractivity contribution in [1.82, 2.24) is 0 Å². The fraction of sp³-hybridized carbons (Fsp3) is 0.211.